The molecule has 0 N–H and O–H groups in total. The van der Waals surface area contributed by atoms with Gasteiger partial charge in [-0.1, -0.05) is 365 Å². The highest BCUT2D eigenvalue weighted by molar-refractivity contribution is 5.71. The third-order valence-corrected chi connectivity index (χ3v) is 16.6. The minimum Gasteiger partial charge on any atom is -0.462 e. The van der Waals surface area contributed by atoms with Gasteiger partial charge in [0.2, 0.25) is 0 Å². The lowest BCUT2D eigenvalue weighted by molar-refractivity contribution is -0.167. The van der Waals surface area contributed by atoms with Crippen LogP contribution in [0.4, 0.5) is 0 Å². The highest BCUT2D eigenvalue weighted by Crippen LogP contribution is 2.19. The molecule has 0 aromatic rings. The lowest BCUT2D eigenvalue weighted by Gasteiger charge is -2.18. The molecule has 0 saturated heterocycles. The average molecular weight is 1140 g/mol. The molecule has 0 saturated carbocycles. The second kappa shape index (κ2) is 70.1. The number of carbonyl (C=O) groups is 3. The van der Waals surface area contributed by atoms with Gasteiger partial charge < -0.3 is 14.2 Å². The zero-order valence-corrected chi connectivity index (χ0v) is 54.8. The van der Waals surface area contributed by atoms with Crippen molar-refractivity contribution in [2.24, 2.45) is 0 Å². The van der Waals surface area contributed by atoms with Gasteiger partial charge in [-0.25, -0.2) is 0 Å². The smallest absolute Gasteiger partial charge is 0.306 e. The Hall–Kier alpha value is -2.37. The SMILES string of the molecule is CCCCC/C=C\C/C=C\C/C=C\CCCCCCCCC(=O)OC(COC(=O)CCCCCCCCCCCCCCCC)COC(=O)CCCCCCCCCCCCCCCCCCCCCCCCCCCCCCCC. The van der Waals surface area contributed by atoms with Crippen LogP contribution >= 0.6 is 0 Å². The van der Waals surface area contributed by atoms with Crippen LogP contribution in [0.2, 0.25) is 0 Å². The molecular formula is C75H140O6. The lowest BCUT2D eigenvalue weighted by Crippen LogP contribution is -2.30. The van der Waals surface area contributed by atoms with Crippen molar-refractivity contribution >= 4 is 17.9 Å². The van der Waals surface area contributed by atoms with Gasteiger partial charge in [-0.2, -0.15) is 0 Å². The Labute approximate surface area is 506 Å². The molecule has 1 unspecified atom stereocenters. The molecule has 6 heteroatoms. The third kappa shape index (κ3) is 68.3. The molecule has 0 spiro atoms. The average Bonchev–Trinajstić information content (AvgIpc) is 3.47. The van der Waals surface area contributed by atoms with Gasteiger partial charge in [-0.15, -0.1) is 0 Å². The number of hydrogen-bond acceptors (Lipinski definition) is 6. The number of rotatable bonds is 68. The first-order valence-corrected chi connectivity index (χ1v) is 36.5. The molecule has 0 fully saturated rings. The van der Waals surface area contributed by atoms with Crippen LogP contribution in [0.3, 0.4) is 0 Å². The highest BCUT2D eigenvalue weighted by Gasteiger charge is 2.19. The molecule has 0 aromatic carbocycles. The summed E-state index contributed by atoms with van der Waals surface area (Å²) in [5.74, 6) is -0.854. The number of allylic oxidation sites excluding steroid dienone is 6. The molecule has 0 radical (unpaired) electrons. The molecule has 0 bridgehead atoms. The monoisotopic (exact) mass is 1140 g/mol. The van der Waals surface area contributed by atoms with Crippen LogP contribution in [0.1, 0.15) is 406 Å². The standard InChI is InChI=1S/C75H140O6/c1-4-7-10-13-16-19-22-25-28-30-32-33-34-35-36-37-38-39-40-41-42-44-45-47-50-53-56-59-62-65-68-74(77)80-71-72(70-79-73(76)67-64-61-58-55-52-49-27-24-21-18-15-12-9-6-3)81-75(78)69-66-63-60-57-54-51-48-46-43-31-29-26-23-20-17-14-11-8-5-2/h17,20,26,29,43,46,72H,4-16,18-19,21-25,27-28,30-42,44-45,47-71H2,1-3H3/b20-17-,29-26-,46-43-. The zero-order valence-electron chi connectivity index (χ0n) is 54.8. The summed E-state index contributed by atoms with van der Waals surface area (Å²) in [5.41, 5.74) is 0. The number of hydrogen-bond donors (Lipinski definition) is 0. The van der Waals surface area contributed by atoms with Gasteiger partial charge in [-0.05, 0) is 57.8 Å². The fourth-order valence-electron chi connectivity index (χ4n) is 11.2. The van der Waals surface area contributed by atoms with Crippen molar-refractivity contribution in [3.8, 4) is 0 Å². The van der Waals surface area contributed by atoms with E-state index in [4.69, 9.17) is 14.2 Å². The molecule has 0 amide bonds. The second-order valence-electron chi connectivity index (χ2n) is 24.9. The third-order valence-electron chi connectivity index (χ3n) is 16.6. The summed E-state index contributed by atoms with van der Waals surface area (Å²) in [6.45, 7) is 6.68. The first kappa shape index (κ1) is 78.6. The number of unbranched alkanes of at least 4 members (excludes halogenated alkanes) is 51. The molecule has 0 aliphatic rings. The van der Waals surface area contributed by atoms with E-state index >= 15 is 0 Å². The van der Waals surface area contributed by atoms with E-state index in [1.165, 1.54) is 289 Å². The Balaban J connectivity index is 4.18. The summed E-state index contributed by atoms with van der Waals surface area (Å²) < 4.78 is 17.0. The van der Waals surface area contributed by atoms with Crippen molar-refractivity contribution in [1.82, 2.24) is 0 Å². The van der Waals surface area contributed by atoms with Gasteiger partial charge in [-0.3, -0.25) is 14.4 Å². The zero-order chi connectivity index (χ0) is 58.5. The predicted octanol–water partition coefficient (Wildman–Crippen LogP) is 25.1. The van der Waals surface area contributed by atoms with Crippen molar-refractivity contribution in [3.63, 3.8) is 0 Å². The van der Waals surface area contributed by atoms with E-state index < -0.39 is 6.10 Å². The molecular weight excluding hydrogens is 997 g/mol. The topological polar surface area (TPSA) is 78.9 Å². The summed E-state index contributed by atoms with van der Waals surface area (Å²) in [5, 5.41) is 0. The number of esters is 3. The van der Waals surface area contributed by atoms with Crippen molar-refractivity contribution in [3.05, 3.63) is 36.5 Å². The molecule has 0 aromatic heterocycles. The first-order valence-electron chi connectivity index (χ1n) is 36.5. The van der Waals surface area contributed by atoms with E-state index in [0.717, 1.165) is 77.0 Å². The van der Waals surface area contributed by atoms with Gasteiger partial charge in [0.25, 0.3) is 0 Å². The van der Waals surface area contributed by atoms with Crippen LogP contribution in [0, 0.1) is 0 Å². The van der Waals surface area contributed by atoms with Crippen LogP contribution in [0.25, 0.3) is 0 Å². The minimum atomic E-state index is -0.777. The van der Waals surface area contributed by atoms with Gasteiger partial charge in [0, 0.05) is 19.3 Å². The lowest BCUT2D eigenvalue weighted by atomic mass is 10.0. The Morgan fingerprint density at radius 3 is 0.716 bits per heavy atom. The van der Waals surface area contributed by atoms with Gasteiger partial charge >= 0.3 is 17.9 Å². The fraction of sp³-hybridized carbons (Fsp3) is 0.880. The molecule has 0 heterocycles. The Kier molecular flexibility index (Phi) is 68.1. The van der Waals surface area contributed by atoms with Crippen molar-refractivity contribution in [1.29, 1.82) is 0 Å². The highest BCUT2D eigenvalue weighted by atomic mass is 16.6. The van der Waals surface area contributed by atoms with Crippen molar-refractivity contribution in [2.75, 3.05) is 13.2 Å². The largest absolute Gasteiger partial charge is 0.462 e. The molecule has 0 rings (SSSR count). The summed E-state index contributed by atoms with van der Waals surface area (Å²) in [4.78, 5) is 38.4. The minimum absolute atomic E-state index is 0.0719. The second-order valence-corrected chi connectivity index (χ2v) is 24.9. The summed E-state index contributed by atoms with van der Waals surface area (Å²) >= 11 is 0. The predicted molar refractivity (Wildman–Crippen MR) is 353 cm³/mol. The number of ether oxygens (including phenoxy) is 3. The van der Waals surface area contributed by atoms with E-state index in [2.05, 4.69) is 57.2 Å². The first-order chi connectivity index (χ1) is 40.0. The van der Waals surface area contributed by atoms with Gasteiger partial charge in [0.1, 0.15) is 13.2 Å². The molecule has 0 aliphatic heterocycles. The Morgan fingerprint density at radius 1 is 0.247 bits per heavy atom. The maximum absolute atomic E-state index is 12.9. The van der Waals surface area contributed by atoms with E-state index in [9.17, 15) is 14.4 Å². The molecule has 6 nitrogen and oxygen atoms in total. The number of carbonyl (C=O) groups excluding carboxylic acids is 3. The Morgan fingerprint density at radius 2 is 0.444 bits per heavy atom. The molecule has 81 heavy (non-hydrogen) atoms. The summed E-state index contributed by atoms with van der Waals surface area (Å²) in [6.07, 6.45) is 87.6. The van der Waals surface area contributed by atoms with Gasteiger partial charge in [0.05, 0.1) is 0 Å². The van der Waals surface area contributed by atoms with Crippen LogP contribution in [-0.2, 0) is 28.6 Å². The van der Waals surface area contributed by atoms with Crippen LogP contribution in [0.5, 0.6) is 0 Å². The Bertz CT molecular complexity index is 1350. The van der Waals surface area contributed by atoms with E-state index in [1.54, 1.807) is 0 Å². The van der Waals surface area contributed by atoms with E-state index in [-0.39, 0.29) is 31.1 Å². The summed E-state index contributed by atoms with van der Waals surface area (Å²) in [6, 6.07) is 0. The molecule has 476 valence electrons. The van der Waals surface area contributed by atoms with Gasteiger partial charge in [0.15, 0.2) is 6.10 Å². The van der Waals surface area contributed by atoms with Crippen molar-refractivity contribution < 1.29 is 28.6 Å². The van der Waals surface area contributed by atoms with E-state index in [0.29, 0.717) is 19.3 Å². The van der Waals surface area contributed by atoms with Crippen LogP contribution in [-0.4, -0.2) is 37.2 Å². The van der Waals surface area contributed by atoms with Crippen molar-refractivity contribution in [2.45, 2.75) is 412 Å². The van der Waals surface area contributed by atoms with E-state index in [1.807, 2.05) is 0 Å². The van der Waals surface area contributed by atoms with Crippen LogP contribution in [0.15, 0.2) is 36.5 Å². The summed E-state index contributed by atoms with van der Waals surface area (Å²) in [7, 11) is 0. The quantitative estimate of drug-likeness (QED) is 0.0261. The van der Waals surface area contributed by atoms with Crippen LogP contribution < -0.4 is 0 Å². The fourth-order valence-corrected chi connectivity index (χ4v) is 11.2. The maximum atomic E-state index is 12.9. The molecule has 1 atom stereocenters. The molecule has 0 aliphatic carbocycles. The maximum Gasteiger partial charge on any atom is 0.306 e. The normalized spacial score (nSPS) is 12.2.